The van der Waals surface area contributed by atoms with E-state index >= 15 is 0 Å². The van der Waals surface area contributed by atoms with Crippen molar-refractivity contribution in [2.75, 3.05) is 20.1 Å². The van der Waals surface area contributed by atoms with E-state index in [0.717, 1.165) is 49.9 Å². The van der Waals surface area contributed by atoms with Gasteiger partial charge in [-0.15, -0.1) is 0 Å². The highest BCUT2D eigenvalue weighted by Crippen LogP contribution is 2.35. The molecule has 2 N–H and O–H groups in total. The first-order valence-electron chi connectivity index (χ1n) is 12.6. The van der Waals surface area contributed by atoms with E-state index in [2.05, 4.69) is 29.2 Å². The number of hydrogen-bond acceptors (Lipinski definition) is 4. The van der Waals surface area contributed by atoms with Crippen LogP contribution in [-0.2, 0) is 29.5 Å². The molecule has 35 heavy (non-hydrogen) atoms. The molecule has 3 aromatic carbocycles. The Labute approximate surface area is 210 Å². The molecule has 0 aliphatic heterocycles. The molecule has 1 aliphatic rings. The second-order valence-corrected chi connectivity index (χ2v) is 11.5. The molecule has 1 atom stereocenters. The first kappa shape index (κ1) is 25.6. The van der Waals surface area contributed by atoms with Crippen LogP contribution in [0.3, 0.4) is 0 Å². The van der Waals surface area contributed by atoms with Crippen LogP contribution in [0.15, 0.2) is 83.8 Å². The molecule has 0 saturated carbocycles. The molecular weight excluding hydrogens is 454 g/mol. The maximum absolute atomic E-state index is 13.1. The summed E-state index contributed by atoms with van der Waals surface area (Å²) in [4.78, 5) is 2.89. The summed E-state index contributed by atoms with van der Waals surface area (Å²) >= 11 is 0. The number of hydrogen-bond donors (Lipinski definition) is 1. The Morgan fingerprint density at radius 2 is 1.54 bits per heavy atom. The average molecular weight is 492 g/mol. The van der Waals surface area contributed by atoms with Gasteiger partial charge in [-0.05, 0) is 79.6 Å². The molecule has 4 rings (SSSR count). The Morgan fingerprint density at radius 1 is 0.857 bits per heavy atom. The summed E-state index contributed by atoms with van der Waals surface area (Å²) in [5.74, 6) is 0. The number of aryl methyl sites for hydroxylation is 1. The normalized spacial score (nSPS) is 15.9. The van der Waals surface area contributed by atoms with Crippen LogP contribution in [0.4, 0.5) is 0 Å². The van der Waals surface area contributed by atoms with Gasteiger partial charge in [0.2, 0.25) is 10.0 Å². The van der Waals surface area contributed by atoms with E-state index in [0.29, 0.717) is 24.0 Å². The molecule has 0 saturated heterocycles. The predicted octanol–water partition coefficient (Wildman–Crippen LogP) is 5.13. The van der Waals surface area contributed by atoms with Crippen molar-refractivity contribution in [3.8, 4) is 0 Å². The monoisotopic (exact) mass is 491 g/mol. The molecule has 6 heteroatoms. The van der Waals surface area contributed by atoms with E-state index in [9.17, 15) is 8.42 Å². The Balaban J connectivity index is 1.50. The summed E-state index contributed by atoms with van der Waals surface area (Å²) in [5, 5.41) is 0. The van der Waals surface area contributed by atoms with Crippen LogP contribution < -0.4 is 5.73 Å². The summed E-state index contributed by atoms with van der Waals surface area (Å²) < 4.78 is 27.7. The minimum absolute atomic E-state index is 0.331. The van der Waals surface area contributed by atoms with Crippen LogP contribution in [0.25, 0.3) is 0 Å². The fraction of sp³-hybridized carbons (Fsp3) is 0.379. The average Bonchev–Trinajstić information content (AvgIpc) is 2.89. The van der Waals surface area contributed by atoms with Crippen molar-refractivity contribution < 1.29 is 8.42 Å². The first-order chi connectivity index (χ1) is 17.0. The number of nitrogens with zero attached hydrogens (tertiary/aromatic N) is 2. The number of nitrogens with two attached hydrogens (primary N) is 1. The zero-order chi connectivity index (χ0) is 24.7. The van der Waals surface area contributed by atoms with Gasteiger partial charge in [0.05, 0.1) is 4.90 Å². The highest BCUT2D eigenvalue weighted by atomic mass is 32.2. The van der Waals surface area contributed by atoms with Gasteiger partial charge in [0, 0.05) is 26.2 Å². The van der Waals surface area contributed by atoms with Crippen molar-refractivity contribution in [3.05, 3.63) is 101 Å². The molecule has 0 aromatic heterocycles. The van der Waals surface area contributed by atoms with Crippen molar-refractivity contribution in [2.45, 2.75) is 56.1 Å². The molecule has 0 amide bonds. The summed E-state index contributed by atoms with van der Waals surface area (Å²) in [6, 6.07) is 26.3. The van der Waals surface area contributed by atoms with E-state index in [1.165, 1.54) is 21.9 Å². The third kappa shape index (κ3) is 6.39. The van der Waals surface area contributed by atoms with E-state index in [-0.39, 0.29) is 0 Å². The molecule has 1 unspecified atom stereocenters. The highest BCUT2D eigenvalue weighted by molar-refractivity contribution is 7.89. The predicted molar refractivity (Wildman–Crippen MR) is 142 cm³/mol. The Bertz CT molecular complexity index is 1180. The van der Waals surface area contributed by atoms with Gasteiger partial charge in [-0.1, -0.05) is 66.7 Å². The topological polar surface area (TPSA) is 66.6 Å². The minimum atomic E-state index is -3.55. The van der Waals surface area contributed by atoms with Gasteiger partial charge in [0.15, 0.2) is 0 Å². The number of unbranched alkanes of at least 4 members (excludes halogenated alkanes) is 1. The van der Waals surface area contributed by atoms with Gasteiger partial charge in [-0.3, -0.25) is 4.90 Å². The molecule has 0 fully saturated rings. The molecule has 186 valence electrons. The fourth-order valence-electron chi connectivity index (χ4n) is 5.02. The molecule has 0 spiro atoms. The van der Waals surface area contributed by atoms with Crippen molar-refractivity contribution >= 4 is 10.0 Å². The number of benzene rings is 3. The third-order valence-electron chi connectivity index (χ3n) is 6.94. The van der Waals surface area contributed by atoms with Crippen LogP contribution in [-0.4, -0.2) is 37.8 Å². The largest absolute Gasteiger partial charge is 0.330 e. The van der Waals surface area contributed by atoms with Crippen LogP contribution in [0.5, 0.6) is 0 Å². The van der Waals surface area contributed by atoms with E-state index in [4.69, 9.17) is 5.73 Å². The van der Waals surface area contributed by atoms with Gasteiger partial charge in [-0.2, -0.15) is 4.31 Å². The Hall–Kier alpha value is -2.51. The van der Waals surface area contributed by atoms with Crippen LogP contribution in [0.1, 0.15) is 54.0 Å². The molecule has 0 heterocycles. The molecule has 0 radical (unpaired) electrons. The lowest BCUT2D eigenvalue weighted by Gasteiger charge is -2.36. The van der Waals surface area contributed by atoms with Crippen LogP contribution in [0.2, 0.25) is 0 Å². The lowest BCUT2D eigenvalue weighted by Crippen LogP contribution is -2.32. The molecular formula is C29H37N3O2S. The Kier molecular flexibility index (Phi) is 8.74. The highest BCUT2D eigenvalue weighted by Gasteiger charge is 2.26. The van der Waals surface area contributed by atoms with Crippen molar-refractivity contribution in [1.82, 2.24) is 9.21 Å². The van der Waals surface area contributed by atoms with Crippen LogP contribution >= 0.6 is 0 Å². The summed E-state index contributed by atoms with van der Waals surface area (Å²) in [6.45, 7) is 2.83. The first-order valence-corrected chi connectivity index (χ1v) is 14.0. The standard InChI is InChI=1S/C29H37N3O2S/c1-31(22-24-10-3-2-4-11-24)35(33,34)27-18-16-25(17-19-27)23-32(21-8-7-20-30)29-15-9-13-26-12-5-6-14-28(26)29/h2-6,10-12,14,16-19,29H,7-9,13,15,20-23,30H2,1H3. The second kappa shape index (κ2) is 12.0. The van der Waals surface area contributed by atoms with E-state index in [1.807, 2.05) is 42.5 Å². The van der Waals surface area contributed by atoms with Gasteiger partial charge >= 0.3 is 0 Å². The summed E-state index contributed by atoms with van der Waals surface area (Å²) in [5.41, 5.74) is 10.8. The maximum atomic E-state index is 13.1. The van der Waals surface area contributed by atoms with E-state index < -0.39 is 10.0 Å². The van der Waals surface area contributed by atoms with Crippen molar-refractivity contribution in [2.24, 2.45) is 5.73 Å². The number of sulfonamides is 1. The third-order valence-corrected chi connectivity index (χ3v) is 8.76. The quantitative estimate of drug-likeness (QED) is 0.378. The lowest BCUT2D eigenvalue weighted by molar-refractivity contribution is 0.167. The van der Waals surface area contributed by atoms with Gasteiger partial charge in [-0.25, -0.2) is 8.42 Å². The number of rotatable bonds is 11. The molecule has 5 nitrogen and oxygen atoms in total. The van der Waals surface area contributed by atoms with Gasteiger partial charge in [0.1, 0.15) is 0 Å². The molecule has 1 aliphatic carbocycles. The zero-order valence-electron chi connectivity index (χ0n) is 20.6. The van der Waals surface area contributed by atoms with Crippen molar-refractivity contribution in [3.63, 3.8) is 0 Å². The number of fused-ring (bicyclic) bond motifs is 1. The van der Waals surface area contributed by atoms with Crippen LogP contribution in [0, 0.1) is 0 Å². The minimum Gasteiger partial charge on any atom is -0.330 e. The molecule has 0 bridgehead atoms. The van der Waals surface area contributed by atoms with Gasteiger partial charge < -0.3 is 5.73 Å². The zero-order valence-corrected chi connectivity index (χ0v) is 21.5. The summed E-state index contributed by atoms with van der Waals surface area (Å²) in [6.07, 6.45) is 5.56. The van der Waals surface area contributed by atoms with Gasteiger partial charge in [0.25, 0.3) is 0 Å². The Morgan fingerprint density at radius 3 is 2.29 bits per heavy atom. The fourth-order valence-corrected chi connectivity index (χ4v) is 6.18. The second-order valence-electron chi connectivity index (χ2n) is 9.46. The SMILES string of the molecule is CN(Cc1ccccc1)S(=O)(=O)c1ccc(CN(CCCCN)C2CCCc3ccccc32)cc1. The van der Waals surface area contributed by atoms with E-state index in [1.54, 1.807) is 19.2 Å². The molecule has 3 aromatic rings. The summed E-state index contributed by atoms with van der Waals surface area (Å²) in [7, 11) is -1.92. The van der Waals surface area contributed by atoms with Crippen molar-refractivity contribution in [1.29, 1.82) is 0 Å². The smallest absolute Gasteiger partial charge is 0.243 e. The lowest BCUT2D eigenvalue weighted by atomic mass is 9.86. The maximum Gasteiger partial charge on any atom is 0.243 e.